The molecule has 0 radical (unpaired) electrons. The predicted octanol–water partition coefficient (Wildman–Crippen LogP) is 3.91. The highest BCUT2D eigenvalue weighted by molar-refractivity contribution is 5.90. The lowest BCUT2D eigenvalue weighted by Crippen LogP contribution is -2.41. The third kappa shape index (κ3) is 5.92. The third-order valence-corrected chi connectivity index (χ3v) is 7.07. The number of aliphatic hydroxyl groups excluding tert-OH is 1. The zero-order chi connectivity index (χ0) is 26.6. The van der Waals surface area contributed by atoms with Gasteiger partial charge in [0.1, 0.15) is 5.76 Å². The maximum atomic E-state index is 13.1. The minimum absolute atomic E-state index is 0.0271. The molecule has 2 aromatic heterocycles. The van der Waals surface area contributed by atoms with Crippen molar-refractivity contribution in [1.29, 1.82) is 0 Å². The average Bonchev–Trinajstić information content (AvgIpc) is 3.64. The molecule has 1 amide bonds. The number of amides is 1. The Morgan fingerprint density at radius 2 is 1.79 bits per heavy atom. The highest BCUT2D eigenvalue weighted by atomic mass is 16.5. The van der Waals surface area contributed by atoms with Crippen LogP contribution in [0.3, 0.4) is 0 Å². The Balaban J connectivity index is 1.19. The molecule has 38 heavy (non-hydrogen) atoms. The van der Waals surface area contributed by atoms with Crippen molar-refractivity contribution in [3.63, 3.8) is 0 Å². The summed E-state index contributed by atoms with van der Waals surface area (Å²) in [7, 11) is 0. The summed E-state index contributed by atoms with van der Waals surface area (Å²) >= 11 is 0. The second-order valence-corrected chi connectivity index (χ2v) is 10.1. The molecule has 8 nitrogen and oxygen atoms in total. The van der Waals surface area contributed by atoms with E-state index in [-0.39, 0.29) is 31.1 Å². The fourth-order valence-electron chi connectivity index (χ4n) is 5.00. The number of aryl methyl sites for hydroxylation is 3. The van der Waals surface area contributed by atoms with Crippen LogP contribution in [-0.4, -0.2) is 55.1 Å². The largest absolute Gasteiger partial charge is 0.391 e. The van der Waals surface area contributed by atoms with Crippen molar-refractivity contribution in [2.75, 3.05) is 6.54 Å². The van der Waals surface area contributed by atoms with Gasteiger partial charge in [-0.3, -0.25) is 9.59 Å². The van der Waals surface area contributed by atoms with Gasteiger partial charge in [0.15, 0.2) is 5.78 Å². The Labute approximate surface area is 221 Å². The summed E-state index contributed by atoms with van der Waals surface area (Å²) in [5, 5.41) is 14.0. The molecule has 1 fully saturated rings. The summed E-state index contributed by atoms with van der Waals surface area (Å²) in [6, 6.07) is 17.8. The summed E-state index contributed by atoms with van der Waals surface area (Å²) in [6.07, 6.45) is 4.17. The number of benzene rings is 2. The molecule has 1 saturated heterocycles. The Morgan fingerprint density at radius 3 is 2.50 bits per heavy atom. The molecule has 0 spiro atoms. The second-order valence-electron chi connectivity index (χ2n) is 10.1. The Morgan fingerprint density at radius 1 is 1.05 bits per heavy atom. The first-order valence-corrected chi connectivity index (χ1v) is 12.9. The quantitative estimate of drug-likeness (QED) is 0.365. The molecule has 3 heterocycles. The highest BCUT2D eigenvalue weighted by Crippen LogP contribution is 2.24. The van der Waals surface area contributed by atoms with Crippen molar-refractivity contribution in [3.8, 4) is 11.3 Å². The summed E-state index contributed by atoms with van der Waals surface area (Å²) in [5.41, 5.74) is 6.28. The SMILES string of the molecule is Cc1ccc(Cn2cncc2-c2ccc(CCC(=O)[C@@H]3C[C@@H](O)CN3C(=O)Cc3cc(C)no3)cc2)cc1. The van der Waals surface area contributed by atoms with Crippen molar-refractivity contribution < 1.29 is 19.2 Å². The van der Waals surface area contributed by atoms with Gasteiger partial charge in [0.2, 0.25) is 5.91 Å². The lowest BCUT2D eigenvalue weighted by molar-refractivity contribution is -0.137. The summed E-state index contributed by atoms with van der Waals surface area (Å²) < 4.78 is 7.27. The van der Waals surface area contributed by atoms with Gasteiger partial charge in [-0.25, -0.2) is 4.98 Å². The highest BCUT2D eigenvalue weighted by Gasteiger charge is 2.38. The molecular formula is C30H32N4O4. The Bertz CT molecular complexity index is 1400. The maximum Gasteiger partial charge on any atom is 0.231 e. The number of aliphatic hydroxyl groups is 1. The van der Waals surface area contributed by atoms with Crippen LogP contribution in [0.25, 0.3) is 11.3 Å². The molecule has 196 valence electrons. The molecule has 8 heteroatoms. The van der Waals surface area contributed by atoms with Crippen molar-refractivity contribution >= 4 is 11.7 Å². The first kappa shape index (κ1) is 25.6. The standard InChI is InChI=1S/C30H32N4O4/c1-20-3-5-23(6-4-20)17-33-19-31-16-28(33)24-10-7-22(8-11-24)9-12-29(36)27-14-25(35)18-34(27)30(37)15-26-13-21(2)32-38-26/h3-8,10-11,13,16,19,25,27,35H,9,12,14-15,17-18H2,1-2H3/t25-,27+/m1/s1. The topological polar surface area (TPSA) is 101 Å². The van der Waals surface area contributed by atoms with Crippen LogP contribution in [0.4, 0.5) is 0 Å². The van der Waals surface area contributed by atoms with Crippen molar-refractivity contribution in [3.05, 3.63) is 95.3 Å². The fraction of sp³-hybridized carbons (Fsp3) is 0.333. The van der Waals surface area contributed by atoms with Crippen LogP contribution in [0.15, 0.2) is 71.6 Å². The number of rotatable bonds is 9. The van der Waals surface area contributed by atoms with Crippen LogP contribution in [0.2, 0.25) is 0 Å². The lowest BCUT2D eigenvalue weighted by atomic mass is 10.00. The molecule has 1 N–H and O–H groups in total. The molecule has 1 aliphatic heterocycles. The summed E-state index contributed by atoms with van der Waals surface area (Å²) in [4.78, 5) is 31.7. The number of Topliss-reactive ketones (excluding diaryl/α,β-unsaturated/α-hetero) is 1. The maximum absolute atomic E-state index is 13.1. The van der Waals surface area contributed by atoms with Crippen molar-refractivity contribution in [2.24, 2.45) is 0 Å². The molecule has 1 aliphatic rings. The number of nitrogens with zero attached hydrogens (tertiary/aromatic N) is 4. The van der Waals surface area contributed by atoms with Gasteiger partial charge in [0.25, 0.3) is 0 Å². The molecule has 5 rings (SSSR count). The van der Waals surface area contributed by atoms with E-state index in [1.807, 2.05) is 24.7 Å². The molecule has 0 aliphatic carbocycles. The minimum Gasteiger partial charge on any atom is -0.391 e. The number of carbonyl (C=O) groups excluding carboxylic acids is 2. The van der Waals surface area contributed by atoms with Gasteiger partial charge >= 0.3 is 0 Å². The van der Waals surface area contributed by atoms with Gasteiger partial charge in [-0.15, -0.1) is 0 Å². The number of imidazole rings is 1. The van der Waals surface area contributed by atoms with E-state index in [0.29, 0.717) is 24.3 Å². The van der Waals surface area contributed by atoms with E-state index >= 15 is 0 Å². The predicted molar refractivity (Wildman–Crippen MR) is 142 cm³/mol. The first-order chi connectivity index (χ1) is 18.4. The van der Waals surface area contributed by atoms with Crippen molar-refractivity contribution in [2.45, 2.75) is 58.2 Å². The number of hydrogen-bond acceptors (Lipinski definition) is 6. The smallest absolute Gasteiger partial charge is 0.231 e. The number of hydrogen-bond donors (Lipinski definition) is 1. The third-order valence-electron chi connectivity index (χ3n) is 7.07. The molecular weight excluding hydrogens is 480 g/mol. The van der Waals surface area contributed by atoms with Gasteiger partial charge in [-0.1, -0.05) is 59.3 Å². The van der Waals surface area contributed by atoms with E-state index in [1.165, 1.54) is 16.0 Å². The monoisotopic (exact) mass is 512 g/mol. The fourth-order valence-corrected chi connectivity index (χ4v) is 5.00. The molecule has 2 aromatic carbocycles. The number of ketones is 1. The van der Waals surface area contributed by atoms with Crippen LogP contribution in [0.5, 0.6) is 0 Å². The van der Waals surface area contributed by atoms with Gasteiger partial charge in [-0.2, -0.15) is 0 Å². The molecule has 0 unspecified atom stereocenters. The van der Waals surface area contributed by atoms with E-state index in [4.69, 9.17) is 4.52 Å². The molecule has 0 saturated carbocycles. The van der Waals surface area contributed by atoms with Crippen LogP contribution in [0, 0.1) is 13.8 Å². The normalized spacial score (nSPS) is 17.2. The Hall–Kier alpha value is -4.04. The van der Waals surface area contributed by atoms with Gasteiger partial charge in [-0.05, 0) is 37.0 Å². The van der Waals surface area contributed by atoms with E-state index in [1.54, 1.807) is 13.0 Å². The van der Waals surface area contributed by atoms with Crippen LogP contribution >= 0.6 is 0 Å². The molecule has 4 aromatic rings. The minimum atomic E-state index is -0.701. The second kappa shape index (κ2) is 11.1. The number of likely N-dealkylation sites (tertiary alicyclic amines) is 1. The molecule has 2 atom stereocenters. The number of aromatic nitrogens is 3. The first-order valence-electron chi connectivity index (χ1n) is 12.9. The Kier molecular flexibility index (Phi) is 7.51. The molecule has 0 bridgehead atoms. The van der Waals surface area contributed by atoms with Gasteiger partial charge in [0.05, 0.1) is 42.5 Å². The van der Waals surface area contributed by atoms with E-state index in [2.05, 4.69) is 58.0 Å². The van der Waals surface area contributed by atoms with Gasteiger partial charge < -0.3 is 19.1 Å². The number of β-amino-alcohol motifs (C(OH)–C–C–N with tert-alkyl or cyclic N) is 1. The van der Waals surface area contributed by atoms with Crippen LogP contribution in [0.1, 0.15) is 41.0 Å². The van der Waals surface area contributed by atoms with E-state index < -0.39 is 12.1 Å². The zero-order valence-electron chi connectivity index (χ0n) is 21.7. The van der Waals surface area contributed by atoms with E-state index in [9.17, 15) is 14.7 Å². The summed E-state index contributed by atoms with van der Waals surface area (Å²) in [6.45, 7) is 4.77. The van der Waals surface area contributed by atoms with E-state index in [0.717, 1.165) is 23.4 Å². The van der Waals surface area contributed by atoms with Gasteiger partial charge in [0, 0.05) is 32.0 Å². The van der Waals surface area contributed by atoms with Crippen molar-refractivity contribution in [1.82, 2.24) is 19.6 Å². The van der Waals surface area contributed by atoms with Crippen LogP contribution < -0.4 is 0 Å². The number of carbonyl (C=O) groups is 2. The lowest BCUT2D eigenvalue weighted by Gasteiger charge is -2.23. The van der Waals surface area contributed by atoms with Crippen LogP contribution in [-0.2, 0) is 29.0 Å². The zero-order valence-corrected chi connectivity index (χ0v) is 21.7. The summed E-state index contributed by atoms with van der Waals surface area (Å²) in [5.74, 6) is 0.187. The average molecular weight is 513 g/mol.